The summed E-state index contributed by atoms with van der Waals surface area (Å²) >= 11 is 0. The van der Waals surface area contributed by atoms with Gasteiger partial charge in [-0.25, -0.2) is 0 Å². The molecule has 1 aromatic rings. The molecule has 2 N–H and O–H groups in total. The van der Waals surface area contributed by atoms with Gasteiger partial charge in [0, 0.05) is 30.4 Å². The van der Waals surface area contributed by atoms with E-state index in [1.165, 1.54) is 44.2 Å². The highest BCUT2D eigenvalue weighted by Crippen LogP contribution is 2.43. The number of rotatable bonds is 4. The molecule has 1 saturated heterocycles. The van der Waals surface area contributed by atoms with Crippen LogP contribution in [0.4, 0.5) is 0 Å². The lowest BCUT2D eigenvalue weighted by molar-refractivity contribution is 0.245. The van der Waals surface area contributed by atoms with Crippen LogP contribution in [-0.4, -0.2) is 35.5 Å². The molecule has 0 radical (unpaired) electrons. The highest BCUT2D eigenvalue weighted by Gasteiger charge is 2.40. The Kier molecular flexibility index (Phi) is 3.55. The Labute approximate surface area is 132 Å². The van der Waals surface area contributed by atoms with Gasteiger partial charge in [0.1, 0.15) is 0 Å². The van der Waals surface area contributed by atoms with Gasteiger partial charge in [0.25, 0.3) is 0 Å². The van der Waals surface area contributed by atoms with Crippen LogP contribution in [0.1, 0.15) is 44.2 Å². The highest BCUT2D eigenvalue weighted by atomic mass is 15.3. The fourth-order valence-corrected chi connectivity index (χ4v) is 4.06. The zero-order chi connectivity index (χ0) is 15.0. The molecule has 1 unspecified atom stereocenters. The van der Waals surface area contributed by atoms with Crippen molar-refractivity contribution in [2.45, 2.75) is 43.9 Å². The van der Waals surface area contributed by atoms with E-state index in [0.717, 1.165) is 37.4 Å². The van der Waals surface area contributed by atoms with Crippen molar-refractivity contribution in [2.75, 3.05) is 19.6 Å². The van der Waals surface area contributed by atoms with Crippen LogP contribution >= 0.6 is 0 Å². The van der Waals surface area contributed by atoms with Gasteiger partial charge < -0.3 is 10.6 Å². The lowest BCUT2D eigenvalue weighted by Crippen LogP contribution is -2.41. The lowest BCUT2D eigenvalue weighted by Gasteiger charge is -2.40. The maximum atomic E-state index is 6.28. The second-order valence-corrected chi connectivity index (χ2v) is 7.36. The Morgan fingerprint density at radius 2 is 2.14 bits per heavy atom. The molecule has 22 heavy (non-hydrogen) atoms. The van der Waals surface area contributed by atoms with Crippen LogP contribution in [0.3, 0.4) is 0 Å². The molecule has 0 aromatic carbocycles. The first kappa shape index (κ1) is 14.0. The average molecular weight is 298 g/mol. The standard InChI is InChI=1S/C18H26N4/c19-17(22-11-7-15(12-22)14-5-6-14)21-13-18(8-3-9-18)16-4-1-2-10-20-16/h1-2,4,10,14-15H,3,5-9,11-13H2,(H2,19,21). The predicted octanol–water partition coefficient (Wildman–Crippen LogP) is 2.55. The average Bonchev–Trinajstić information content (AvgIpc) is 3.24. The summed E-state index contributed by atoms with van der Waals surface area (Å²) in [4.78, 5) is 11.6. The Morgan fingerprint density at radius 3 is 2.77 bits per heavy atom. The maximum absolute atomic E-state index is 6.28. The Bertz CT molecular complexity index is 545. The molecule has 1 atom stereocenters. The van der Waals surface area contributed by atoms with E-state index in [4.69, 9.17) is 10.7 Å². The largest absolute Gasteiger partial charge is 0.370 e. The van der Waals surface area contributed by atoms with Crippen LogP contribution < -0.4 is 5.73 Å². The second-order valence-electron chi connectivity index (χ2n) is 7.36. The number of aliphatic imine (C=N–C) groups is 1. The van der Waals surface area contributed by atoms with Crippen LogP contribution in [0.15, 0.2) is 29.4 Å². The molecule has 1 aromatic heterocycles. The highest BCUT2D eigenvalue weighted by molar-refractivity contribution is 5.78. The minimum Gasteiger partial charge on any atom is -0.370 e. The van der Waals surface area contributed by atoms with Gasteiger partial charge >= 0.3 is 0 Å². The fourth-order valence-electron chi connectivity index (χ4n) is 4.06. The molecule has 4 rings (SSSR count). The molecular formula is C18H26N4. The monoisotopic (exact) mass is 298 g/mol. The number of aromatic nitrogens is 1. The van der Waals surface area contributed by atoms with E-state index in [-0.39, 0.29) is 5.41 Å². The molecule has 1 aliphatic heterocycles. The van der Waals surface area contributed by atoms with Crippen molar-refractivity contribution in [1.82, 2.24) is 9.88 Å². The van der Waals surface area contributed by atoms with Crippen LogP contribution in [0, 0.1) is 11.8 Å². The smallest absolute Gasteiger partial charge is 0.191 e. The second kappa shape index (κ2) is 5.56. The quantitative estimate of drug-likeness (QED) is 0.686. The van der Waals surface area contributed by atoms with Gasteiger partial charge in [0.05, 0.1) is 6.54 Å². The molecule has 3 fully saturated rings. The molecule has 4 nitrogen and oxygen atoms in total. The molecule has 2 heterocycles. The summed E-state index contributed by atoms with van der Waals surface area (Å²) in [6.07, 6.45) is 9.70. The molecule has 0 spiro atoms. The number of guanidine groups is 1. The van der Waals surface area contributed by atoms with Gasteiger partial charge in [-0.1, -0.05) is 12.5 Å². The summed E-state index contributed by atoms with van der Waals surface area (Å²) in [6.45, 7) is 3.00. The molecule has 0 amide bonds. The molecular weight excluding hydrogens is 272 g/mol. The molecule has 0 bridgehead atoms. The number of nitrogens with two attached hydrogens (primary N) is 1. The zero-order valence-electron chi connectivity index (χ0n) is 13.2. The van der Waals surface area contributed by atoms with E-state index in [9.17, 15) is 0 Å². The minimum atomic E-state index is 0.140. The Morgan fingerprint density at radius 1 is 1.27 bits per heavy atom. The number of hydrogen-bond donors (Lipinski definition) is 1. The van der Waals surface area contributed by atoms with E-state index < -0.39 is 0 Å². The molecule has 118 valence electrons. The Balaban J connectivity index is 1.42. The lowest BCUT2D eigenvalue weighted by atomic mass is 9.66. The minimum absolute atomic E-state index is 0.140. The van der Waals surface area contributed by atoms with Crippen molar-refractivity contribution in [3.8, 4) is 0 Å². The molecule has 2 aliphatic carbocycles. The van der Waals surface area contributed by atoms with Gasteiger partial charge in [-0.2, -0.15) is 0 Å². The van der Waals surface area contributed by atoms with Crippen LogP contribution in [0.25, 0.3) is 0 Å². The molecule has 3 aliphatic rings. The van der Waals surface area contributed by atoms with Crippen molar-refractivity contribution < 1.29 is 0 Å². The maximum Gasteiger partial charge on any atom is 0.191 e. The van der Waals surface area contributed by atoms with E-state index in [1.807, 2.05) is 12.3 Å². The van der Waals surface area contributed by atoms with Gasteiger partial charge in [0.2, 0.25) is 0 Å². The normalized spacial score (nSPS) is 27.7. The molecule has 2 saturated carbocycles. The molecule has 4 heteroatoms. The number of likely N-dealkylation sites (tertiary alicyclic amines) is 1. The summed E-state index contributed by atoms with van der Waals surface area (Å²) in [6, 6.07) is 6.20. The van der Waals surface area contributed by atoms with Crippen molar-refractivity contribution in [1.29, 1.82) is 0 Å². The first-order valence-corrected chi connectivity index (χ1v) is 8.73. The van der Waals surface area contributed by atoms with E-state index >= 15 is 0 Å². The summed E-state index contributed by atoms with van der Waals surface area (Å²) in [5.74, 6) is 2.59. The van der Waals surface area contributed by atoms with Crippen molar-refractivity contribution in [2.24, 2.45) is 22.6 Å². The van der Waals surface area contributed by atoms with E-state index in [0.29, 0.717) is 0 Å². The van der Waals surface area contributed by atoms with Crippen LogP contribution in [0.2, 0.25) is 0 Å². The summed E-state index contributed by atoms with van der Waals surface area (Å²) in [7, 11) is 0. The third-order valence-electron chi connectivity index (χ3n) is 5.90. The number of hydrogen-bond acceptors (Lipinski definition) is 2. The van der Waals surface area contributed by atoms with Crippen LogP contribution in [-0.2, 0) is 5.41 Å². The van der Waals surface area contributed by atoms with Gasteiger partial charge in [-0.15, -0.1) is 0 Å². The van der Waals surface area contributed by atoms with Crippen molar-refractivity contribution in [3.05, 3.63) is 30.1 Å². The zero-order valence-corrected chi connectivity index (χ0v) is 13.2. The van der Waals surface area contributed by atoms with Gasteiger partial charge in [0.15, 0.2) is 5.96 Å². The number of nitrogens with zero attached hydrogens (tertiary/aromatic N) is 3. The first-order chi connectivity index (χ1) is 10.8. The van der Waals surface area contributed by atoms with Gasteiger partial charge in [-0.05, 0) is 56.1 Å². The Hall–Kier alpha value is -1.58. The van der Waals surface area contributed by atoms with E-state index in [1.54, 1.807) is 0 Å². The first-order valence-electron chi connectivity index (χ1n) is 8.73. The van der Waals surface area contributed by atoms with Gasteiger partial charge in [-0.3, -0.25) is 9.98 Å². The topological polar surface area (TPSA) is 54.5 Å². The fraction of sp³-hybridized carbons (Fsp3) is 0.667. The summed E-state index contributed by atoms with van der Waals surface area (Å²) in [5.41, 5.74) is 7.61. The third kappa shape index (κ3) is 2.59. The SMILES string of the molecule is NC(=NCC1(c2ccccn2)CCC1)N1CCC(C2CC2)C1. The van der Waals surface area contributed by atoms with Crippen molar-refractivity contribution in [3.63, 3.8) is 0 Å². The number of pyridine rings is 1. The third-order valence-corrected chi connectivity index (χ3v) is 5.90. The predicted molar refractivity (Wildman–Crippen MR) is 88.7 cm³/mol. The summed E-state index contributed by atoms with van der Waals surface area (Å²) < 4.78 is 0. The van der Waals surface area contributed by atoms with Crippen LogP contribution in [0.5, 0.6) is 0 Å². The van der Waals surface area contributed by atoms with E-state index in [2.05, 4.69) is 22.0 Å². The summed E-state index contributed by atoms with van der Waals surface area (Å²) in [5, 5.41) is 0. The van der Waals surface area contributed by atoms with Crippen molar-refractivity contribution >= 4 is 5.96 Å².